The van der Waals surface area contributed by atoms with Crippen molar-refractivity contribution in [1.82, 2.24) is 9.88 Å². The van der Waals surface area contributed by atoms with Gasteiger partial charge in [0, 0.05) is 23.7 Å². The van der Waals surface area contributed by atoms with Gasteiger partial charge in [0.15, 0.2) is 0 Å². The molecule has 1 saturated heterocycles. The molecule has 0 unspecified atom stereocenters. The fourth-order valence-corrected chi connectivity index (χ4v) is 5.23. The van der Waals surface area contributed by atoms with Gasteiger partial charge in [-0.1, -0.05) is 69.7 Å². The molecular weight excluding hydrogens is 484 g/mol. The molecular formula is C33H38N4O2. The smallest absolute Gasteiger partial charge is 0.323 e. The number of nitrogens with zero attached hydrogens (tertiary/aromatic N) is 2. The number of nitrogens with one attached hydrogen (secondary N) is 2. The van der Waals surface area contributed by atoms with E-state index in [2.05, 4.69) is 60.6 Å². The van der Waals surface area contributed by atoms with Gasteiger partial charge in [-0.2, -0.15) is 0 Å². The lowest BCUT2D eigenvalue weighted by molar-refractivity contribution is 0.218. The predicted octanol–water partition coefficient (Wildman–Crippen LogP) is 7.84. The van der Waals surface area contributed by atoms with E-state index >= 15 is 0 Å². The molecule has 1 aromatic heterocycles. The van der Waals surface area contributed by atoms with Crippen LogP contribution in [0.1, 0.15) is 51.3 Å². The second kappa shape index (κ2) is 11.5. The largest absolute Gasteiger partial charge is 0.495 e. The number of ether oxygens (including phenoxy) is 1. The molecule has 39 heavy (non-hydrogen) atoms. The summed E-state index contributed by atoms with van der Waals surface area (Å²) < 4.78 is 5.50. The van der Waals surface area contributed by atoms with Crippen LogP contribution >= 0.6 is 0 Å². The zero-order chi connectivity index (χ0) is 27.4. The number of anilines is 2. The van der Waals surface area contributed by atoms with Crippen LogP contribution in [0.25, 0.3) is 21.9 Å². The quantitative estimate of drug-likeness (QED) is 0.271. The summed E-state index contributed by atoms with van der Waals surface area (Å²) in [5, 5.41) is 8.07. The summed E-state index contributed by atoms with van der Waals surface area (Å²) >= 11 is 0. The summed E-state index contributed by atoms with van der Waals surface area (Å²) in [5.74, 6) is 0.620. The highest BCUT2D eigenvalue weighted by Gasteiger charge is 2.18. The molecule has 0 saturated carbocycles. The second-order valence-electron chi connectivity index (χ2n) is 11.3. The number of hydrogen-bond donors (Lipinski definition) is 2. The van der Waals surface area contributed by atoms with Gasteiger partial charge < -0.3 is 15.4 Å². The first kappa shape index (κ1) is 26.7. The molecule has 0 aliphatic carbocycles. The van der Waals surface area contributed by atoms with Gasteiger partial charge >= 0.3 is 6.03 Å². The SMILES string of the molecule is COc1ccc(C(C)(C)C)cc1NC(=O)Nc1ccc(-c2ccc(CN3CCCCC3)nc2)c2ccccc12. The number of aromatic nitrogens is 1. The van der Waals surface area contributed by atoms with E-state index in [0.29, 0.717) is 11.4 Å². The molecule has 2 amide bonds. The lowest BCUT2D eigenvalue weighted by Gasteiger charge is -2.25. The fraction of sp³-hybridized carbons (Fsp3) is 0.333. The van der Waals surface area contributed by atoms with Crippen molar-refractivity contribution in [1.29, 1.82) is 0 Å². The zero-order valence-corrected chi connectivity index (χ0v) is 23.4. The number of rotatable bonds is 6. The average Bonchev–Trinajstić information content (AvgIpc) is 2.94. The number of carbonyl (C=O) groups is 1. The van der Waals surface area contributed by atoms with Gasteiger partial charge in [-0.15, -0.1) is 0 Å². The van der Waals surface area contributed by atoms with E-state index in [1.165, 1.54) is 19.3 Å². The van der Waals surface area contributed by atoms with Gasteiger partial charge in [-0.25, -0.2) is 4.79 Å². The van der Waals surface area contributed by atoms with Crippen molar-refractivity contribution in [3.05, 3.63) is 84.2 Å². The molecule has 202 valence electrons. The number of fused-ring (bicyclic) bond motifs is 1. The van der Waals surface area contributed by atoms with Crippen LogP contribution in [0.4, 0.5) is 16.2 Å². The van der Waals surface area contributed by atoms with Crippen molar-refractivity contribution in [3.63, 3.8) is 0 Å². The first-order chi connectivity index (χ1) is 18.8. The van der Waals surface area contributed by atoms with Crippen molar-refractivity contribution in [3.8, 4) is 16.9 Å². The van der Waals surface area contributed by atoms with Crippen LogP contribution in [0.3, 0.4) is 0 Å². The van der Waals surface area contributed by atoms with E-state index < -0.39 is 0 Å². The van der Waals surface area contributed by atoms with Crippen LogP contribution in [0.15, 0.2) is 72.9 Å². The summed E-state index contributed by atoms with van der Waals surface area (Å²) in [6, 6.07) is 22.0. The van der Waals surface area contributed by atoms with Gasteiger partial charge in [-0.3, -0.25) is 9.88 Å². The molecule has 1 aliphatic heterocycles. The van der Waals surface area contributed by atoms with Crippen molar-refractivity contribution in [2.75, 3.05) is 30.8 Å². The third kappa shape index (κ3) is 6.23. The number of methoxy groups -OCH3 is 1. The first-order valence-corrected chi connectivity index (χ1v) is 13.8. The molecule has 0 radical (unpaired) electrons. The normalized spacial score (nSPS) is 14.3. The number of likely N-dealkylation sites (tertiary alicyclic amines) is 1. The van der Waals surface area contributed by atoms with Crippen LogP contribution < -0.4 is 15.4 Å². The number of hydrogen-bond acceptors (Lipinski definition) is 4. The monoisotopic (exact) mass is 522 g/mol. The summed E-state index contributed by atoms with van der Waals surface area (Å²) in [6.45, 7) is 9.65. The average molecular weight is 523 g/mol. The number of pyridine rings is 1. The van der Waals surface area contributed by atoms with Gasteiger partial charge in [0.2, 0.25) is 0 Å². The van der Waals surface area contributed by atoms with E-state index in [-0.39, 0.29) is 11.4 Å². The molecule has 2 heterocycles. The lowest BCUT2D eigenvalue weighted by atomic mass is 9.87. The van der Waals surface area contributed by atoms with Gasteiger partial charge in [0.1, 0.15) is 5.75 Å². The van der Waals surface area contributed by atoms with Crippen LogP contribution in [-0.2, 0) is 12.0 Å². The Morgan fingerprint density at radius 3 is 2.33 bits per heavy atom. The molecule has 6 heteroatoms. The Morgan fingerprint density at radius 2 is 1.64 bits per heavy atom. The van der Waals surface area contributed by atoms with Crippen LogP contribution in [0.2, 0.25) is 0 Å². The lowest BCUT2D eigenvalue weighted by Crippen LogP contribution is -2.29. The third-order valence-electron chi connectivity index (χ3n) is 7.46. The van der Waals surface area contributed by atoms with Crippen molar-refractivity contribution < 1.29 is 9.53 Å². The van der Waals surface area contributed by atoms with Gasteiger partial charge in [-0.05, 0) is 72.1 Å². The molecule has 1 fully saturated rings. The first-order valence-electron chi connectivity index (χ1n) is 13.8. The zero-order valence-electron chi connectivity index (χ0n) is 23.4. The van der Waals surface area contributed by atoms with Crippen molar-refractivity contribution >= 4 is 28.2 Å². The minimum Gasteiger partial charge on any atom is -0.495 e. The Balaban J connectivity index is 1.36. The number of amides is 2. The number of piperidine rings is 1. The molecule has 0 atom stereocenters. The molecule has 4 aromatic rings. The van der Waals surface area contributed by atoms with Crippen LogP contribution in [0.5, 0.6) is 5.75 Å². The minimum atomic E-state index is -0.319. The second-order valence-corrected chi connectivity index (χ2v) is 11.3. The standard InChI is InChI=1S/C33H38N4O2/c1-33(2,3)24-13-17-31(39-4)30(20-24)36-32(38)35-29-16-15-26(27-10-6-7-11-28(27)29)23-12-14-25(34-21-23)22-37-18-8-5-9-19-37/h6-7,10-17,20-21H,5,8-9,18-19,22H2,1-4H3,(H2,35,36,38). The number of benzene rings is 3. The highest BCUT2D eigenvalue weighted by Crippen LogP contribution is 2.34. The molecule has 0 bridgehead atoms. The summed E-state index contributed by atoms with van der Waals surface area (Å²) in [6.07, 6.45) is 5.86. The van der Waals surface area contributed by atoms with E-state index in [4.69, 9.17) is 9.72 Å². The molecule has 6 nitrogen and oxygen atoms in total. The van der Waals surface area contributed by atoms with Crippen LogP contribution in [0, 0.1) is 0 Å². The third-order valence-corrected chi connectivity index (χ3v) is 7.46. The Kier molecular flexibility index (Phi) is 7.84. The molecule has 0 spiro atoms. The van der Waals surface area contributed by atoms with Gasteiger partial charge in [0.05, 0.1) is 24.2 Å². The highest BCUT2D eigenvalue weighted by molar-refractivity contribution is 6.10. The molecule has 1 aliphatic rings. The molecule has 2 N–H and O–H groups in total. The maximum absolute atomic E-state index is 13.1. The van der Waals surface area contributed by atoms with Crippen molar-refractivity contribution in [2.45, 2.75) is 52.0 Å². The number of urea groups is 1. The Bertz CT molecular complexity index is 1450. The van der Waals surface area contributed by atoms with Crippen LogP contribution in [-0.4, -0.2) is 36.1 Å². The Labute approximate surface area is 231 Å². The van der Waals surface area contributed by atoms with E-state index in [9.17, 15) is 4.79 Å². The molecule has 3 aromatic carbocycles. The number of carbonyl (C=O) groups excluding carboxylic acids is 1. The van der Waals surface area contributed by atoms with E-state index in [1.54, 1.807) is 7.11 Å². The maximum Gasteiger partial charge on any atom is 0.323 e. The van der Waals surface area contributed by atoms with Gasteiger partial charge in [0.25, 0.3) is 0 Å². The summed E-state index contributed by atoms with van der Waals surface area (Å²) in [5.41, 5.74) is 5.70. The van der Waals surface area contributed by atoms with Crippen molar-refractivity contribution in [2.24, 2.45) is 0 Å². The topological polar surface area (TPSA) is 66.5 Å². The highest BCUT2D eigenvalue weighted by atomic mass is 16.5. The summed E-state index contributed by atoms with van der Waals surface area (Å²) in [7, 11) is 1.61. The van der Waals surface area contributed by atoms with E-state index in [0.717, 1.165) is 58.5 Å². The maximum atomic E-state index is 13.1. The molecule has 5 rings (SSSR count). The Morgan fingerprint density at radius 1 is 0.897 bits per heavy atom. The summed E-state index contributed by atoms with van der Waals surface area (Å²) in [4.78, 5) is 20.4. The fourth-order valence-electron chi connectivity index (χ4n) is 5.23. The Hall–Kier alpha value is -3.90. The van der Waals surface area contributed by atoms with E-state index in [1.807, 2.05) is 48.7 Å². The minimum absolute atomic E-state index is 0.0498. The predicted molar refractivity (Wildman–Crippen MR) is 161 cm³/mol.